The Kier molecular flexibility index (Phi) is 13.0. The molecule has 1 aromatic heterocycles. The molecule has 0 fully saturated rings. The Morgan fingerprint density at radius 2 is 1.56 bits per heavy atom. The van der Waals surface area contributed by atoms with Gasteiger partial charge in [0.15, 0.2) is 0 Å². The molecule has 0 aliphatic heterocycles. The summed E-state index contributed by atoms with van der Waals surface area (Å²) in [6.07, 6.45) is 4.73. The predicted molar refractivity (Wildman–Crippen MR) is 145 cm³/mol. The third kappa shape index (κ3) is 11.2. The second-order valence-corrected chi connectivity index (χ2v) is 9.87. The maximum Gasteiger partial charge on any atom is 0.326 e. The van der Waals surface area contributed by atoms with Crippen molar-refractivity contribution in [1.29, 1.82) is 0 Å². The summed E-state index contributed by atoms with van der Waals surface area (Å²) in [5.74, 6) is -3.48. The third-order valence-corrected chi connectivity index (χ3v) is 6.43. The average molecular weight is 562 g/mol. The fraction of sp³-hybridized carbons (Fsp3) is 0.440. The lowest BCUT2D eigenvalue weighted by Crippen LogP contribution is -2.57. The molecular weight excluding hydrogens is 526 g/mol. The number of hydrogen-bond acceptors (Lipinski definition) is 8. The number of rotatable bonds is 17. The maximum absolute atomic E-state index is 13.2. The van der Waals surface area contributed by atoms with E-state index in [0.29, 0.717) is 11.4 Å². The Morgan fingerprint density at radius 3 is 2.13 bits per heavy atom. The Hall–Kier alpha value is -3.91. The number of aliphatic carboxylic acids is 1. The number of amides is 4. The van der Waals surface area contributed by atoms with Crippen LogP contribution in [0.5, 0.6) is 0 Å². The number of nitrogens with zero attached hydrogens (tertiary/aromatic N) is 1. The Labute approximate surface area is 230 Å². The number of aromatic nitrogens is 2. The largest absolute Gasteiger partial charge is 0.480 e. The van der Waals surface area contributed by atoms with Gasteiger partial charge in [0, 0.05) is 24.7 Å². The molecule has 0 aliphatic rings. The van der Waals surface area contributed by atoms with Crippen molar-refractivity contribution in [2.45, 2.75) is 56.3 Å². The predicted octanol–water partition coefficient (Wildman–Crippen LogP) is -0.920. The molecule has 0 bridgehead atoms. The van der Waals surface area contributed by atoms with Gasteiger partial charge in [-0.25, -0.2) is 9.78 Å². The first-order valence-corrected chi connectivity index (χ1v) is 13.7. The average Bonchev–Trinajstić information content (AvgIpc) is 3.41. The summed E-state index contributed by atoms with van der Waals surface area (Å²) in [6.45, 7) is 0. The molecular formula is C25H35N7O6S. The molecule has 0 radical (unpaired) electrons. The van der Waals surface area contributed by atoms with Crippen LogP contribution in [0.2, 0.25) is 0 Å². The lowest BCUT2D eigenvalue weighted by atomic mass is 10.0. The van der Waals surface area contributed by atoms with Gasteiger partial charge in [0.05, 0.1) is 12.4 Å². The zero-order valence-corrected chi connectivity index (χ0v) is 22.4. The molecule has 212 valence electrons. The monoisotopic (exact) mass is 561 g/mol. The quantitative estimate of drug-likeness (QED) is 0.127. The van der Waals surface area contributed by atoms with E-state index in [0.717, 1.165) is 5.56 Å². The van der Waals surface area contributed by atoms with Crippen LogP contribution >= 0.6 is 11.8 Å². The molecule has 39 heavy (non-hydrogen) atoms. The van der Waals surface area contributed by atoms with Crippen LogP contribution in [0.15, 0.2) is 42.9 Å². The van der Waals surface area contributed by atoms with Gasteiger partial charge >= 0.3 is 5.97 Å². The fourth-order valence-electron chi connectivity index (χ4n) is 3.66. The van der Waals surface area contributed by atoms with Crippen LogP contribution in [0.3, 0.4) is 0 Å². The summed E-state index contributed by atoms with van der Waals surface area (Å²) in [5.41, 5.74) is 12.6. The van der Waals surface area contributed by atoms with E-state index in [1.165, 1.54) is 24.3 Å². The Morgan fingerprint density at radius 1 is 0.949 bits per heavy atom. The van der Waals surface area contributed by atoms with E-state index in [-0.39, 0.29) is 32.1 Å². The van der Waals surface area contributed by atoms with Crippen LogP contribution in [0.1, 0.15) is 30.5 Å². The van der Waals surface area contributed by atoms with Gasteiger partial charge in [0.25, 0.3) is 0 Å². The maximum atomic E-state index is 13.2. The van der Waals surface area contributed by atoms with Crippen LogP contribution in [-0.4, -0.2) is 80.8 Å². The Balaban J connectivity index is 2.11. The second kappa shape index (κ2) is 16.1. The number of carbonyl (C=O) groups excluding carboxylic acids is 4. The van der Waals surface area contributed by atoms with E-state index >= 15 is 0 Å². The number of nitrogens with one attached hydrogen (secondary N) is 4. The zero-order valence-electron chi connectivity index (χ0n) is 21.6. The summed E-state index contributed by atoms with van der Waals surface area (Å²) < 4.78 is 0. The highest BCUT2D eigenvalue weighted by Crippen LogP contribution is 2.07. The van der Waals surface area contributed by atoms with Gasteiger partial charge in [0.2, 0.25) is 23.6 Å². The zero-order chi connectivity index (χ0) is 28.8. The molecule has 2 rings (SSSR count). The van der Waals surface area contributed by atoms with Crippen molar-refractivity contribution in [2.75, 3.05) is 12.0 Å². The molecule has 0 saturated carbocycles. The summed E-state index contributed by atoms with van der Waals surface area (Å²) in [5, 5.41) is 17.2. The number of carbonyl (C=O) groups is 5. The number of aromatic amines is 1. The van der Waals surface area contributed by atoms with Crippen LogP contribution in [0, 0.1) is 0 Å². The number of nitrogens with two attached hydrogens (primary N) is 2. The highest BCUT2D eigenvalue weighted by Gasteiger charge is 2.30. The first-order valence-electron chi connectivity index (χ1n) is 12.3. The molecule has 13 nitrogen and oxygen atoms in total. The first-order chi connectivity index (χ1) is 18.6. The summed E-state index contributed by atoms with van der Waals surface area (Å²) >= 11 is 1.43. The lowest BCUT2D eigenvalue weighted by molar-refractivity contribution is -0.142. The SMILES string of the molecule is CSCCC(NC(=O)C(CCC(N)=O)NC(=O)C(N)Cc1ccccc1)C(=O)NC(Cc1cnc[nH]1)C(=O)O. The fourth-order valence-corrected chi connectivity index (χ4v) is 4.13. The molecule has 14 heteroatoms. The second-order valence-electron chi connectivity index (χ2n) is 8.89. The van der Waals surface area contributed by atoms with Crippen LogP contribution < -0.4 is 27.4 Å². The van der Waals surface area contributed by atoms with Crippen LogP contribution in [0.25, 0.3) is 0 Å². The van der Waals surface area contributed by atoms with Crippen molar-refractivity contribution in [1.82, 2.24) is 25.9 Å². The van der Waals surface area contributed by atoms with Crippen molar-refractivity contribution in [3.63, 3.8) is 0 Å². The molecule has 1 aromatic carbocycles. The van der Waals surface area contributed by atoms with Crippen LogP contribution in [-0.2, 0) is 36.8 Å². The summed E-state index contributed by atoms with van der Waals surface area (Å²) in [4.78, 5) is 68.8. The number of imidazole rings is 1. The van der Waals surface area contributed by atoms with Crippen molar-refractivity contribution >= 4 is 41.4 Å². The first kappa shape index (κ1) is 31.3. The van der Waals surface area contributed by atoms with Crippen molar-refractivity contribution in [3.8, 4) is 0 Å². The van der Waals surface area contributed by atoms with Gasteiger partial charge in [-0.3, -0.25) is 19.2 Å². The van der Waals surface area contributed by atoms with Crippen molar-refractivity contribution in [2.24, 2.45) is 11.5 Å². The topological polar surface area (TPSA) is 222 Å². The molecule has 0 spiro atoms. The molecule has 0 saturated heterocycles. The minimum absolute atomic E-state index is 0.0408. The normalized spacial score (nSPS) is 13.9. The van der Waals surface area contributed by atoms with Gasteiger partial charge in [-0.2, -0.15) is 11.8 Å². The summed E-state index contributed by atoms with van der Waals surface area (Å²) in [6, 6.07) is 4.56. The highest BCUT2D eigenvalue weighted by molar-refractivity contribution is 7.98. The minimum Gasteiger partial charge on any atom is -0.480 e. The van der Waals surface area contributed by atoms with E-state index in [1.54, 1.807) is 0 Å². The van der Waals surface area contributed by atoms with Gasteiger partial charge in [-0.15, -0.1) is 0 Å². The van der Waals surface area contributed by atoms with Gasteiger partial charge in [0.1, 0.15) is 18.1 Å². The van der Waals surface area contributed by atoms with Crippen LogP contribution in [0.4, 0.5) is 0 Å². The van der Waals surface area contributed by atoms with E-state index in [4.69, 9.17) is 11.5 Å². The van der Waals surface area contributed by atoms with Gasteiger partial charge in [-0.1, -0.05) is 30.3 Å². The van der Waals surface area contributed by atoms with Gasteiger partial charge < -0.3 is 37.5 Å². The van der Waals surface area contributed by atoms with E-state index in [1.807, 2.05) is 36.6 Å². The van der Waals surface area contributed by atoms with E-state index in [2.05, 4.69) is 25.9 Å². The number of hydrogen-bond donors (Lipinski definition) is 7. The number of benzene rings is 1. The number of carboxylic acid groups (broad SMARTS) is 1. The smallest absolute Gasteiger partial charge is 0.326 e. The lowest BCUT2D eigenvalue weighted by Gasteiger charge is -2.25. The van der Waals surface area contributed by atoms with Crippen molar-refractivity contribution < 1.29 is 29.1 Å². The molecule has 4 amide bonds. The number of primary amides is 1. The standard InChI is InChI=1S/C25H35N7O6S/c1-39-10-9-19(24(36)32-20(25(37)38)12-16-13-28-14-29-16)31-23(35)18(7-8-21(27)33)30-22(34)17(26)11-15-5-3-2-4-6-15/h2-6,13-14,17-20H,7-12,26H2,1H3,(H2,27,33)(H,28,29)(H,30,34)(H,31,35)(H,32,36)(H,37,38). The molecule has 4 unspecified atom stereocenters. The number of H-pyrrole nitrogens is 1. The summed E-state index contributed by atoms with van der Waals surface area (Å²) in [7, 11) is 0. The van der Waals surface area contributed by atoms with E-state index in [9.17, 15) is 29.1 Å². The number of carboxylic acids is 1. The van der Waals surface area contributed by atoms with E-state index < -0.39 is 53.8 Å². The Bertz CT molecular complexity index is 1100. The third-order valence-electron chi connectivity index (χ3n) is 5.78. The number of thioether (sulfide) groups is 1. The van der Waals surface area contributed by atoms with Gasteiger partial charge in [-0.05, 0) is 36.8 Å². The molecule has 2 aromatic rings. The molecule has 0 aliphatic carbocycles. The molecule has 1 heterocycles. The molecule has 9 N–H and O–H groups in total. The van der Waals surface area contributed by atoms with Crippen molar-refractivity contribution in [3.05, 3.63) is 54.1 Å². The minimum atomic E-state index is -1.27. The highest BCUT2D eigenvalue weighted by atomic mass is 32.2. The molecule has 4 atom stereocenters.